The lowest BCUT2D eigenvalue weighted by atomic mass is 10.1. The van der Waals surface area contributed by atoms with Crippen LogP contribution in [0.3, 0.4) is 0 Å². The van der Waals surface area contributed by atoms with E-state index < -0.39 is 0 Å². The Kier molecular flexibility index (Phi) is 4.37. The molecule has 5 nitrogen and oxygen atoms in total. The summed E-state index contributed by atoms with van der Waals surface area (Å²) in [4.78, 5) is 4.24. The lowest BCUT2D eigenvalue weighted by molar-refractivity contribution is 0.324. The SMILES string of the molecule is COc1cc(Nc2ccnc3ccc(F)cc23)cc(OC)c1OC. The minimum atomic E-state index is -0.316. The van der Waals surface area contributed by atoms with Crippen molar-refractivity contribution in [3.8, 4) is 17.2 Å². The third-order valence-electron chi connectivity index (χ3n) is 3.65. The monoisotopic (exact) mass is 328 g/mol. The van der Waals surface area contributed by atoms with Crippen LogP contribution in [-0.2, 0) is 0 Å². The smallest absolute Gasteiger partial charge is 0.203 e. The second kappa shape index (κ2) is 6.62. The minimum absolute atomic E-state index is 0.316. The molecule has 0 aliphatic carbocycles. The van der Waals surface area contributed by atoms with Gasteiger partial charge in [-0.1, -0.05) is 0 Å². The van der Waals surface area contributed by atoms with Gasteiger partial charge in [-0.2, -0.15) is 0 Å². The third-order valence-corrected chi connectivity index (χ3v) is 3.65. The van der Waals surface area contributed by atoms with Crippen molar-refractivity contribution in [2.75, 3.05) is 26.6 Å². The number of nitrogens with one attached hydrogen (secondary N) is 1. The van der Waals surface area contributed by atoms with Crippen LogP contribution in [0, 0.1) is 5.82 Å². The molecule has 1 aromatic heterocycles. The number of aromatic nitrogens is 1. The van der Waals surface area contributed by atoms with Crippen molar-refractivity contribution >= 4 is 22.3 Å². The predicted molar refractivity (Wildman–Crippen MR) is 91.1 cm³/mol. The molecule has 0 saturated heterocycles. The highest BCUT2D eigenvalue weighted by Crippen LogP contribution is 2.41. The molecule has 0 saturated carbocycles. The summed E-state index contributed by atoms with van der Waals surface area (Å²) in [5, 5.41) is 3.94. The maximum atomic E-state index is 13.6. The first kappa shape index (κ1) is 15.9. The summed E-state index contributed by atoms with van der Waals surface area (Å²) in [6.45, 7) is 0. The fraction of sp³-hybridized carbons (Fsp3) is 0.167. The minimum Gasteiger partial charge on any atom is -0.493 e. The summed E-state index contributed by atoms with van der Waals surface area (Å²) in [5.41, 5.74) is 2.16. The van der Waals surface area contributed by atoms with Crippen LogP contribution in [0.4, 0.5) is 15.8 Å². The summed E-state index contributed by atoms with van der Waals surface area (Å²) in [5.74, 6) is 1.26. The van der Waals surface area contributed by atoms with E-state index in [0.29, 0.717) is 28.2 Å². The quantitative estimate of drug-likeness (QED) is 0.763. The van der Waals surface area contributed by atoms with Crippen molar-refractivity contribution < 1.29 is 18.6 Å². The zero-order valence-corrected chi connectivity index (χ0v) is 13.6. The molecule has 0 amide bonds. The van der Waals surface area contributed by atoms with Gasteiger partial charge < -0.3 is 19.5 Å². The molecule has 0 atom stereocenters. The van der Waals surface area contributed by atoms with Gasteiger partial charge in [0.25, 0.3) is 0 Å². The van der Waals surface area contributed by atoms with E-state index in [9.17, 15) is 4.39 Å². The number of rotatable bonds is 5. The van der Waals surface area contributed by atoms with Gasteiger partial charge in [0, 0.05) is 35.1 Å². The number of hydrogen-bond acceptors (Lipinski definition) is 5. The Morgan fingerprint density at radius 1 is 0.917 bits per heavy atom. The van der Waals surface area contributed by atoms with Gasteiger partial charge in [-0.3, -0.25) is 4.98 Å². The third kappa shape index (κ3) is 2.90. The van der Waals surface area contributed by atoms with E-state index >= 15 is 0 Å². The summed E-state index contributed by atoms with van der Waals surface area (Å²) in [6, 6.07) is 9.83. The van der Waals surface area contributed by atoms with E-state index in [-0.39, 0.29) is 5.82 Å². The van der Waals surface area contributed by atoms with Gasteiger partial charge in [-0.05, 0) is 24.3 Å². The number of pyridine rings is 1. The van der Waals surface area contributed by atoms with Gasteiger partial charge in [0.2, 0.25) is 5.75 Å². The Bertz CT molecular complexity index is 858. The van der Waals surface area contributed by atoms with Gasteiger partial charge in [-0.15, -0.1) is 0 Å². The predicted octanol–water partition coefficient (Wildman–Crippen LogP) is 4.14. The number of nitrogens with zero attached hydrogens (tertiary/aromatic N) is 1. The Balaban J connectivity index is 2.07. The molecule has 0 aliphatic rings. The van der Waals surface area contributed by atoms with E-state index in [4.69, 9.17) is 14.2 Å². The lowest BCUT2D eigenvalue weighted by Gasteiger charge is -2.16. The number of methoxy groups -OCH3 is 3. The maximum absolute atomic E-state index is 13.6. The Labute approximate surface area is 139 Å². The van der Waals surface area contributed by atoms with Crippen LogP contribution in [0.15, 0.2) is 42.6 Å². The van der Waals surface area contributed by atoms with E-state index in [1.165, 1.54) is 12.1 Å². The van der Waals surface area contributed by atoms with Crippen molar-refractivity contribution in [2.24, 2.45) is 0 Å². The molecular weight excluding hydrogens is 311 g/mol. The van der Waals surface area contributed by atoms with Gasteiger partial charge in [0.15, 0.2) is 11.5 Å². The van der Waals surface area contributed by atoms with Crippen LogP contribution in [0.5, 0.6) is 17.2 Å². The molecule has 124 valence electrons. The standard InChI is InChI=1S/C18H17FN2O3/c1-22-16-9-12(10-17(23-2)18(16)24-3)21-15-6-7-20-14-5-4-11(19)8-13(14)15/h4-10H,1-3H3,(H,20,21). The largest absolute Gasteiger partial charge is 0.493 e. The molecule has 3 aromatic rings. The lowest BCUT2D eigenvalue weighted by Crippen LogP contribution is -1.98. The number of anilines is 2. The zero-order chi connectivity index (χ0) is 17.1. The molecule has 6 heteroatoms. The second-order valence-corrected chi connectivity index (χ2v) is 5.06. The molecule has 0 aliphatic heterocycles. The first-order valence-electron chi connectivity index (χ1n) is 7.27. The molecule has 1 heterocycles. The average Bonchev–Trinajstić information content (AvgIpc) is 2.61. The fourth-order valence-electron chi connectivity index (χ4n) is 2.54. The van der Waals surface area contributed by atoms with Crippen molar-refractivity contribution in [2.45, 2.75) is 0 Å². The Morgan fingerprint density at radius 2 is 1.62 bits per heavy atom. The first-order chi connectivity index (χ1) is 11.7. The summed E-state index contributed by atoms with van der Waals surface area (Å²) >= 11 is 0. The molecule has 0 fully saturated rings. The number of benzene rings is 2. The van der Waals surface area contributed by atoms with Gasteiger partial charge in [-0.25, -0.2) is 4.39 Å². The number of fused-ring (bicyclic) bond motifs is 1. The highest BCUT2D eigenvalue weighted by molar-refractivity contribution is 5.93. The first-order valence-corrected chi connectivity index (χ1v) is 7.27. The highest BCUT2D eigenvalue weighted by Gasteiger charge is 2.14. The number of hydrogen-bond donors (Lipinski definition) is 1. The summed E-state index contributed by atoms with van der Waals surface area (Å²) in [7, 11) is 4.66. The van der Waals surface area contributed by atoms with E-state index in [1.807, 2.05) is 0 Å². The van der Waals surface area contributed by atoms with Crippen LogP contribution < -0.4 is 19.5 Å². The van der Waals surface area contributed by atoms with Crippen molar-refractivity contribution in [3.05, 3.63) is 48.4 Å². The van der Waals surface area contributed by atoms with E-state index in [2.05, 4.69) is 10.3 Å². The highest BCUT2D eigenvalue weighted by atomic mass is 19.1. The Hall–Kier alpha value is -3.02. The molecule has 1 N–H and O–H groups in total. The average molecular weight is 328 g/mol. The zero-order valence-electron chi connectivity index (χ0n) is 13.6. The summed E-state index contributed by atoms with van der Waals surface area (Å²) in [6.07, 6.45) is 1.67. The van der Waals surface area contributed by atoms with Gasteiger partial charge in [0.05, 0.1) is 26.8 Å². The van der Waals surface area contributed by atoms with Crippen molar-refractivity contribution in [1.29, 1.82) is 0 Å². The van der Waals surface area contributed by atoms with Crippen molar-refractivity contribution in [3.63, 3.8) is 0 Å². The molecule has 0 spiro atoms. The molecular formula is C18H17FN2O3. The molecule has 2 aromatic carbocycles. The maximum Gasteiger partial charge on any atom is 0.203 e. The molecule has 3 rings (SSSR count). The molecule has 0 radical (unpaired) electrons. The molecule has 24 heavy (non-hydrogen) atoms. The Morgan fingerprint density at radius 3 is 2.25 bits per heavy atom. The normalized spacial score (nSPS) is 10.5. The van der Waals surface area contributed by atoms with Crippen LogP contribution in [0.1, 0.15) is 0 Å². The number of halogens is 1. The topological polar surface area (TPSA) is 52.6 Å². The van der Waals surface area contributed by atoms with E-state index in [0.717, 1.165) is 11.4 Å². The second-order valence-electron chi connectivity index (χ2n) is 5.06. The number of ether oxygens (including phenoxy) is 3. The van der Waals surface area contributed by atoms with Crippen LogP contribution >= 0.6 is 0 Å². The fourth-order valence-corrected chi connectivity index (χ4v) is 2.54. The summed E-state index contributed by atoms with van der Waals surface area (Å²) < 4.78 is 29.6. The van der Waals surface area contributed by atoms with Crippen molar-refractivity contribution in [1.82, 2.24) is 4.98 Å². The van der Waals surface area contributed by atoms with Gasteiger partial charge >= 0.3 is 0 Å². The van der Waals surface area contributed by atoms with E-state index in [1.54, 1.807) is 51.8 Å². The molecule has 0 unspecified atom stereocenters. The van der Waals surface area contributed by atoms with Gasteiger partial charge in [0.1, 0.15) is 5.82 Å². The van der Waals surface area contributed by atoms with Crippen LogP contribution in [0.25, 0.3) is 10.9 Å². The van der Waals surface area contributed by atoms with Crippen LogP contribution in [-0.4, -0.2) is 26.3 Å². The van der Waals surface area contributed by atoms with Crippen LogP contribution in [0.2, 0.25) is 0 Å². The molecule has 0 bridgehead atoms.